The molecule has 1 aliphatic heterocycles. The van der Waals surface area contributed by atoms with Gasteiger partial charge in [0.05, 0.1) is 12.6 Å². The number of amides is 1. The number of nitrogens with zero attached hydrogens (tertiary/aromatic N) is 1. The number of Topliss-reactive ketones (excluding diaryl/α,β-unsaturated/α-hetero) is 1. The number of H-pyrrole nitrogens is 1. The third-order valence-corrected chi connectivity index (χ3v) is 7.03. The van der Waals surface area contributed by atoms with Crippen molar-refractivity contribution in [3.8, 4) is 5.75 Å². The highest BCUT2D eigenvalue weighted by atomic mass is 16.5. The molecule has 3 aromatic carbocycles. The minimum absolute atomic E-state index is 0.0264. The first-order valence-corrected chi connectivity index (χ1v) is 13.0. The summed E-state index contributed by atoms with van der Waals surface area (Å²) in [5, 5.41) is 13.9. The Hall–Kier alpha value is -4.71. The van der Waals surface area contributed by atoms with Crippen molar-refractivity contribution in [1.82, 2.24) is 4.90 Å². The summed E-state index contributed by atoms with van der Waals surface area (Å²) in [4.78, 5) is 31.1. The van der Waals surface area contributed by atoms with E-state index in [2.05, 4.69) is 11.9 Å². The highest BCUT2D eigenvalue weighted by Crippen LogP contribution is 2.40. The number of ether oxygens (including phenoxy) is 1. The van der Waals surface area contributed by atoms with Crippen LogP contribution in [0.4, 0.5) is 0 Å². The second-order valence-electron chi connectivity index (χ2n) is 9.67. The van der Waals surface area contributed by atoms with Crippen LogP contribution >= 0.6 is 0 Å². The van der Waals surface area contributed by atoms with Crippen molar-refractivity contribution in [3.63, 3.8) is 0 Å². The standard InChI is InChI=1S/C33H30N2O4/c1-3-23-11-13-26(14-12-23)30-29(32(37)33(38)35(30)20-25-10-7-17-34-19-25)31(36)27-15-16-28(22(2)18-27)39-21-24-8-5-4-6-9-24/h4-19,30,36H,3,20-21H2,1-2H3. The number of pyridine rings is 1. The number of hydrogen-bond acceptors (Lipinski definition) is 4. The lowest BCUT2D eigenvalue weighted by molar-refractivity contribution is -0.378. The first-order valence-electron chi connectivity index (χ1n) is 13.0. The Morgan fingerprint density at radius 1 is 0.923 bits per heavy atom. The number of carbonyl (C=O) groups is 2. The highest BCUT2D eigenvalue weighted by Gasteiger charge is 2.44. The maximum Gasteiger partial charge on any atom is 0.295 e. The predicted molar refractivity (Wildman–Crippen MR) is 146 cm³/mol. The summed E-state index contributed by atoms with van der Waals surface area (Å²) in [5.41, 5.74) is 4.83. The van der Waals surface area contributed by atoms with Gasteiger partial charge in [0.2, 0.25) is 5.78 Å². The van der Waals surface area contributed by atoms with Crippen LogP contribution in [0.5, 0.6) is 5.75 Å². The van der Waals surface area contributed by atoms with E-state index in [4.69, 9.17) is 4.74 Å². The number of aromatic nitrogens is 1. The number of aromatic amines is 1. The van der Waals surface area contributed by atoms with E-state index in [9.17, 15) is 14.7 Å². The van der Waals surface area contributed by atoms with Crippen molar-refractivity contribution in [2.45, 2.75) is 39.5 Å². The Bertz CT molecular complexity index is 1510. The zero-order chi connectivity index (χ0) is 27.4. The van der Waals surface area contributed by atoms with E-state index >= 15 is 0 Å². The largest absolute Gasteiger partial charge is 0.872 e. The molecular weight excluding hydrogens is 488 g/mol. The summed E-state index contributed by atoms with van der Waals surface area (Å²) < 4.78 is 5.97. The monoisotopic (exact) mass is 518 g/mol. The van der Waals surface area contributed by atoms with Gasteiger partial charge in [-0.3, -0.25) is 9.59 Å². The van der Waals surface area contributed by atoms with Gasteiger partial charge >= 0.3 is 0 Å². The summed E-state index contributed by atoms with van der Waals surface area (Å²) in [6, 6.07) is 25.6. The Kier molecular flexibility index (Phi) is 7.55. The van der Waals surface area contributed by atoms with Crippen LogP contribution in [0.3, 0.4) is 0 Å². The van der Waals surface area contributed by atoms with E-state index in [1.807, 2.05) is 73.7 Å². The molecule has 1 unspecified atom stereocenters. The van der Waals surface area contributed by atoms with Gasteiger partial charge in [-0.25, -0.2) is 4.98 Å². The number of benzene rings is 3. The van der Waals surface area contributed by atoms with E-state index in [-0.39, 0.29) is 12.1 Å². The van der Waals surface area contributed by atoms with Gasteiger partial charge in [-0.15, -0.1) is 0 Å². The normalized spacial score (nSPS) is 16.5. The van der Waals surface area contributed by atoms with Crippen molar-refractivity contribution < 1.29 is 24.4 Å². The smallest absolute Gasteiger partial charge is 0.295 e. The molecule has 39 heavy (non-hydrogen) atoms. The molecule has 1 saturated heterocycles. The topological polar surface area (TPSA) is 83.8 Å². The fourth-order valence-corrected chi connectivity index (χ4v) is 4.88. The van der Waals surface area contributed by atoms with Crippen molar-refractivity contribution in [2.24, 2.45) is 0 Å². The molecule has 4 aromatic rings. The minimum Gasteiger partial charge on any atom is -0.872 e. The molecule has 1 atom stereocenters. The molecule has 1 aromatic heterocycles. The van der Waals surface area contributed by atoms with E-state index < -0.39 is 23.5 Å². The molecule has 1 N–H and O–H groups in total. The second-order valence-corrected chi connectivity index (χ2v) is 9.67. The lowest BCUT2D eigenvalue weighted by Crippen LogP contribution is -2.29. The summed E-state index contributed by atoms with van der Waals surface area (Å²) in [6.07, 6.45) is 4.42. The average Bonchev–Trinajstić information content (AvgIpc) is 3.22. The molecule has 2 heterocycles. The Morgan fingerprint density at radius 2 is 1.67 bits per heavy atom. The Labute approximate surface area is 228 Å². The van der Waals surface area contributed by atoms with Crippen molar-refractivity contribution >= 4 is 17.4 Å². The van der Waals surface area contributed by atoms with Gasteiger partial charge in [0.1, 0.15) is 12.4 Å². The van der Waals surface area contributed by atoms with E-state index in [1.165, 1.54) is 4.90 Å². The van der Waals surface area contributed by atoms with Crippen LogP contribution in [0.15, 0.2) is 103 Å². The maximum atomic E-state index is 13.9. The van der Waals surface area contributed by atoms with Gasteiger partial charge in [0.25, 0.3) is 5.91 Å². The van der Waals surface area contributed by atoms with Gasteiger partial charge in [0, 0.05) is 17.2 Å². The van der Waals surface area contributed by atoms with Gasteiger partial charge in [-0.2, -0.15) is 0 Å². The Morgan fingerprint density at radius 3 is 2.33 bits per heavy atom. The van der Waals surface area contributed by atoms with Crippen LogP contribution in [0, 0.1) is 6.92 Å². The number of hydrogen-bond donors (Lipinski definition) is 0. The van der Waals surface area contributed by atoms with Gasteiger partial charge in [-0.05, 0) is 59.4 Å². The fraction of sp³-hybridized carbons (Fsp3) is 0.182. The van der Waals surface area contributed by atoms with Crippen LogP contribution in [0.1, 0.15) is 46.3 Å². The number of rotatable bonds is 8. The number of carbonyl (C=O) groups excluding carboxylic acids is 2. The van der Waals surface area contributed by atoms with Crippen molar-refractivity contribution in [2.75, 3.05) is 0 Å². The minimum atomic E-state index is -0.780. The summed E-state index contributed by atoms with van der Waals surface area (Å²) in [6.45, 7) is 4.53. The molecule has 1 aliphatic rings. The molecule has 0 bridgehead atoms. The van der Waals surface area contributed by atoms with E-state index in [0.29, 0.717) is 17.9 Å². The van der Waals surface area contributed by atoms with Gasteiger partial charge < -0.3 is 14.7 Å². The fourth-order valence-electron chi connectivity index (χ4n) is 4.88. The second kappa shape index (κ2) is 11.4. The molecule has 0 aliphatic carbocycles. The lowest BCUT2D eigenvalue weighted by atomic mass is 9.94. The van der Waals surface area contributed by atoms with Crippen LogP contribution in [-0.2, 0) is 29.2 Å². The van der Waals surface area contributed by atoms with Crippen LogP contribution in [0.25, 0.3) is 5.76 Å². The first-order chi connectivity index (χ1) is 19.0. The summed E-state index contributed by atoms with van der Waals surface area (Å²) >= 11 is 0. The van der Waals surface area contributed by atoms with Crippen molar-refractivity contribution in [1.29, 1.82) is 0 Å². The van der Waals surface area contributed by atoms with Gasteiger partial charge in [0.15, 0.2) is 12.4 Å². The molecule has 1 amide bonds. The molecule has 6 nitrogen and oxygen atoms in total. The van der Waals surface area contributed by atoms with Crippen molar-refractivity contribution in [3.05, 3.63) is 136 Å². The molecule has 0 saturated carbocycles. The average molecular weight is 519 g/mol. The zero-order valence-corrected chi connectivity index (χ0v) is 22.0. The summed E-state index contributed by atoms with van der Waals surface area (Å²) in [5.74, 6) is -1.22. The molecular formula is C33H30N2O4. The number of nitrogens with one attached hydrogen (secondary N) is 1. The maximum absolute atomic E-state index is 13.9. The molecule has 6 heteroatoms. The Balaban J connectivity index is 1.52. The number of likely N-dealkylation sites (tertiary alicyclic amines) is 1. The summed E-state index contributed by atoms with van der Waals surface area (Å²) in [7, 11) is 0. The molecule has 1 fully saturated rings. The van der Waals surface area contributed by atoms with Crippen LogP contribution in [-0.4, -0.2) is 16.6 Å². The predicted octanol–water partition coefficient (Wildman–Crippen LogP) is 4.37. The quantitative estimate of drug-likeness (QED) is 0.197. The van der Waals surface area contributed by atoms with E-state index in [0.717, 1.165) is 34.2 Å². The van der Waals surface area contributed by atoms with E-state index in [1.54, 1.807) is 30.6 Å². The third kappa shape index (κ3) is 5.46. The van der Waals surface area contributed by atoms with Crippen LogP contribution < -0.4 is 14.8 Å². The lowest BCUT2D eigenvalue weighted by Gasteiger charge is -2.27. The van der Waals surface area contributed by atoms with Crippen LogP contribution in [0.2, 0.25) is 0 Å². The molecule has 5 rings (SSSR count). The highest BCUT2D eigenvalue weighted by molar-refractivity contribution is 6.46. The zero-order valence-electron chi connectivity index (χ0n) is 22.0. The molecule has 196 valence electrons. The molecule has 0 spiro atoms. The number of aryl methyl sites for hydroxylation is 2. The number of ketones is 1. The van der Waals surface area contributed by atoms with Gasteiger partial charge in [-0.1, -0.05) is 73.3 Å². The molecule has 0 radical (unpaired) electrons. The SMILES string of the molecule is CCc1ccc(C2C(=C([O-])c3ccc(OCc4ccccc4)c(C)c3)C(=O)C(=O)N2Cc2ccc[nH+]c2)cc1. The third-order valence-electron chi connectivity index (χ3n) is 7.03. The first kappa shape index (κ1) is 25.9.